The SMILES string of the molecule is CCCC(NC(=O)N[C@@H]1C=C[C@H](CO)C1)c1nnc2ccccn12. The Morgan fingerprint density at radius 1 is 1.42 bits per heavy atom. The van der Waals surface area contributed by atoms with Crippen molar-refractivity contribution in [3.63, 3.8) is 0 Å². The highest BCUT2D eigenvalue weighted by Crippen LogP contribution is 2.19. The van der Waals surface area contributed by atoms with E-state index < -0.39 is 0 Å². The number of carbonyl (C=O) groups excluding carboxylic acids is 1. The number of nitrogens with zero attached hydrogens (tertiary/aromatic N) is 3. The van der Waals surface area contributed by atoms with Gasteiger partial charge < -0.3 is 15.7 Å². The molecule has 2 heterocycles. The molecule has 3 rings (SSSR count). The third-order valence-corrected chi connectivity index (χ3v) is 4.26. The summed E-state index contributed by atoms with van der Waals surface area (Å²) in [6.07, 6.45) is 8.21. The third-order valence-electron chi connectivity index (χ3n) is 4.26. The van der Waals surface area contributed by atoms with Gasteiger partial charge >= 0.3 is 6.03 Å². The molecule has 3 N–H and O–H groups in total. The Bertz CT molecular complexity index is 727. The number of pyridine rings is 1. The molecular formula is C17H23N5O2. The van der Waals surface area contributed by atoms with Gasteiger partial charge in [0, 0.05) is 24.8 Å². The molecular weight excluding hydrogens is 306 g/mol. The predicted octanol–water partition coefficient (Wildman–Crippen LogP) is 1.81. The fourth-order valence-corrected chi connectivity index (χ4v) is 3.04. The summed E-state index contributed by atoms with van der Waals surface area (Å²) in [7, 11) is 0. The number of nitrogens with one attached hydrogen (secondary N) is 2. The van der Waals surface area contributed by atoms with Crippen molar-refractivity contribution < 1.29 is 9.90 Å². The number of hydrogen-bond acceptors (Lipinski definition) is 4. The van der Waals surface area contributed by atoms with Crippen LogP contribution in [0.5, 0.6) is 0 Å². The largest absolute Gasteiger partial charge is 0.396 e. The van der Waals surface area contributed by atoms with Crippen molar-refractivity contribution in [1.82, 2.24) is 25.2 Å². The summed E-state index contributed by atoms with van der Waals surface area (Å²) in [5.74, 6) is 0.861. The first-order valence-electron chi connectivity index (χ1n) is 8.37. The Hall–Kier alpha value is -2.41. The summed E-state index contributed by atoms with van der Waals surface area (Å²) in [4.78, 5) is 12.3. The molecule has 0 fully saturated rings. The molecule has 0 saturated heterocycles. The summed E-state index contributed by atoms with van der Waals surface area (Å²) in [6.45, 7) is 2.18. The average molecular weight is 329 g/mol. The molecule has 7 nitrogen and oxygen atoms in total. The maximum absolute atomic E-state index is 12.3. The lowest BCUT2D eigenvalue weighted by atomic mass is 10.1. The molecule has 24 heavy (non-hydrogen) atoms. The van der Waals surface area contributed by atoms with E-state index in [2.05, 4.69) is 27.8 Å². The number of hydrogen-bond donors (Lipinski definition) is 3. The van der Waals surface area contributed by atoms with Crippen molar-refractivity contribution >= 4 is 11.7 Å². The van der Waals surface area contributed by atoms with E-state index in [0.29, 0.717) is 0 Å². The van der Waals surface area contributed by atoms with E-state index >= 15 is 0 Å². The van der Waals surface area contributed by atoms with Crippen molar-refractivity contribution in [2.75, 3.05) is 6.61 Å². The first-order valence-corrected chi connectivity index (χ1v) is 8.37. The first kappa shape index (κ1) is 16.4. The number of aliphatic hydroxyl groups excluding tert-OH is 1. The Morgan fingerprint density at radius 3 is 3.04 bits per heavy atom. The minimum Gasteiger partial charge on any atom is -0.396 e. The van der Waals surface area contributed by atoms with Gasteiger partial charge in [-0.3, -0.25) is 4.40 Å². The van der Waals surface area contributed by atoms with Crippen molar-refractivity contribution in [3.05, 3.63) is 42.4 Å². The standard InChI is InChI=1S/C17H23N5O2/c1-2-5-14(16-21-20-15-6-3-4-9-22(15)16)19-17(24)18-13-8-7-12(10-13)11-23/h3-4,6-9,12-14,23H,2,5,10-11H2,1H3,(H2,18,19,24)/t12-,13+,14?/m0/s1. The van der Waals surface area contributed by atoms with Gasteiger partial charge in [-0.1, -0.05) is 31.6 Å². The zero-order valence-electron chi connectivity index (χ0n) is 13.7. The van der Waals surface area contributed by atoms with Gasteiger partial charge in [0.25, 0.3) is 0 Å². The number of amides is 2. The van der Waals surface area contributed by atoms with Crippen LogP contribution in [0.25, 0.3) is 5.65 Å². The molecule has 0 bridgehead atoms. The summed E-state index contributed by atoms with van der Waals surface area (Å²) in [5.41, 5.74) is 0.764. The summed E-state index contributed by atoms with van der Waals surface area (Å²) >= 11 is 0. The lowest BCUT2D eigenvalue weighted by molar-refractivity contribution is 0.227. The molecule has 128 valence electrons. The lowest BCUT2D eigenvalue weighted by Gasteiger charge is -2.19. The van der Waals surface area contributed by atoms with Crippen LogP contribution in [-0.2, 0) is 0 Å². The van der Waals surface area contributed by atoms with Crippen molar-refractivity contribution in [2.24, 2.45) is 5.92 Å². The number of rotatable bonds is 6. The number of aromatic nitrogens is 3. The Morgan fingerprint density at radius 2 is 2.29 bits per heavy atom. The lowest BCUT2D eigenvalue weighted by Crippen LogP contribution is -2.43. The molecule has 2 aromatic rings. The maximum atomic E-state index is 12.3. The number of aliphatic hydroxyl groups is 1. The van der Waals surface area contributed by atoms with Crippen LogP contribution in [-0.4, -0.2) is 38.4 Å². The van der Waals surface area contributed by atoms with E-state index in [4.69, 9.17) is 5.11 Å². The van der Waals surface area contributed by atoms with E-state index in [-0.39, 0.29) is 30.6 Å². The van der Waals surface area contributed by atoms with E-state index in [1.54, 1.807) is 0 Å². The zero-order chi connectivity index (χ0) is 16.9. The molecule has 1 aliphatic rings. The van der Waals surface area contributed by atoms with E-state index in [9.17, 15) is 4.79 Å². The quantitative estimate of drug-likeness (QED) is 0.705. The summed E-state index contributed by atoms with van der Waals surface area (Å²) in [6, 6.07) is 5.24. The molecule has 3 atom stereocenters. The first-order chi connectivity index (χ1) is 11.7. The smallest absolute Gasteiger partial charge is 0.315 e. The molecule has 0 radical (unpaired) electrons. The topological polar surface area (TPSA) is 91.5 Å². The molecule has 0 spiro atoms. The number of carbonyl (C=O) groups is 1. The van der Waals surface area contributed by atoms with Crippen LogP contribution in [0.1, 0.15) is 38.1 Å². The van der Waals surface area contributed by atoms with Crippen molar-refractivity contribution in [3.8, 4) is 0 Å². The molecule has 1 aliphatic carbocycles. The zero-order valence-corrected chi connectivity index (χ0v) is 13.7. The van der Waals surface area contributed by atoms with Gasteiger partial charge in [0.15, 0.2) is 11.5 Å². The van der Waals surface area contributed by atoms with Crippen molar-refractivity contribution in [2.45, 2.75) is 38.3 Å². The predicted molar refractivity (Wildman–Crippen MR) is 90.4 cm³/mol. The van der Waals surface area contributed by atoms with Crippen molar-refractivity contribution in [1.29, 1.82) is 0 Å². The second kappa shape index (κ2) is 7.44. The average Bonchev–Trinajstić information content (AvgIpc) is 3.21. The van der Waals surface area contributed by atoms with Crippen LogP contribution in [0.4, 0.5) is 4.79 Å². The van der Waals surface area contributed by atoms with Gasteiger partial charge in [0.2, 0.25) is 0 Å². The Labute approximate surface area is 140 Å². The van der Waals surface area contributed by atoms with Gasteiger partial charge in [-0.15, -0.1) is 10.2 Å². The van der Waals surface area contributed by atoms with Gasteiger partial charge in [-0.05, 0) is 25.0 Å². The second-order valence-corrected chi connectivity index (χ2v) is 6.12. The maximum Gasteiger partial charge on any atom is 0.315 e. The van der Waals surface area contributed by atoms with E-state index in [0.717, 1.165) is 30.7 Å². The molecule has 2 aromatic heterocycles. The normalized spacial score (nSPS) is 21.1. The summed E-state index contributed by atoms with van der Waals surface area (Å²) < 4.78 is 1.90. The highest BCUT2D eigenvalue weighted by molar-refractivity contribution is 5.75. The minimum atomic E-state index is -0.227. The Kier molecular flexibility index (Phi) is 5.10. The van der Waals surface area contributed by atoms with Gasteiger partial charge in [-0.2, -0.15) is 0 Å². The molecule has 2 amide bonds. The molecule has 7 heteroatoms. The molecule has 0 aromatic carbocycles. The molecule has 1 unspecified atom stereocenters. The monoisotopic (exact) mass is 329 g/mol. The third kappa shape index (κ3) is 3.56. The molecule has 0 aliphatic heterocycles. The minimum absolute atomic E-state index is 0.0421. The molecule has 0 saturated carbocycles. The fraction of sp³-hybridized carbons (Fsp3) is 0.471. The van der Waals surface area contributed by atoms with Gasteiger partial charge in [0.1, 0.15) is 0 Å². The highest BCUT2D eigenvalue weighted by Gasteiger charge is 2.23. The van der Waals surface area contributed by atoms with Crippen LogP contribution in [0.3, 0.4) is 0 Å². The highest BCUT2D eigenvalue weighted by atomic mass is 16.3. The van der Waals surface area contributed by atoms with Crippen LogP contribution < -0.4 is 10.6 Å². The van der Waals surface area contributed by atoms with Crippen LogP contribution >= 0.6 is 0 Å². The fourth-order valence-electron chi connectivity index (χ4n) is 3.04. The van der Waals surface area contributed by atoms with Crippen LogP contribution in [0, 0.1) is 5.92 Å². The number of urea groups is 1. The van der Waals surface area contributed by atoms with E-state index in [1.165, 1.54) is 0 Å². The van der Waals surface area contributed by atoms with E-state index in [1.807, 2.05) is 40.9 Å². The summed E-state index contributed by atoms with van der Waals surface area (Å²) in [5, 5.41) is 23.5. The second-order valence-electron chi connectivity index (χ2n) is 6.12. The van der Waals surface area contributed by atoms with Crippen LogP contribution in [0.15, 0.2) is 36.5 Å². The van der Waals surface area contributed by atoms with Gasteiger partial charge in [-0.25, -0.2) is 4.79 Å². The van der Waals surface area contributed by atoms with Crippen LogP contribution in [0.2, 0.25) is 0 Å². The number of fused-ring (bicyclic) bond motifs is 1. The van der Waals surface area contributed by atoms with Gasteiger partial charge in [0.05, 0.1) is 6.04 Å². The Balaban J connectivity index is 1.68.